The van der Waals surface area contributed by atoms with Crippen molar-refractivity contribution in [2.75, 3.05) is 26.4 Å². The molecule has 1 aliphatic heterocycles. The molecule has 2 heterocycles. The van der Waals surface area contributed by atoms with Crippen molar-refractivity contribution in [2.24, 2.45) is 0 Å². The lowest BCUT2D eigenvalue weighted by molar-refractivity contribution is -0.136. The number of aliphatic hydroxyl groups is 1. The molecule has 0 aromatic carbocycles. The summed E-state index contributed by atoms with van der Waals surface area (Å²) in [6, 6.07) is 3.44. The highest BCUT2D eigenvalue weighted by molar-refractivity contribution is 5.92. The number of hydrogen-bond donors (Lipinski definition) is 1. The van der Waals surface area contributed by atoms with Crippen molar-refractivity contribution in [1.82, 2.24) is 9.88 Å². The summed E-state index contributed by atoms with van der Waals surface area (Å²) in [6.45, 7) is 1.35. The molecule has 0 radical (unpaired) electrons. The van der Waals surface area contributed by atoms with Gasteiger partial charge in [-0.2, -0.15) is 0 Å². The molecule has 0 bridgehead atoms. The molecular formula is C13H16N2O3. The van der Waals surface area contributed by atoms with E-state index >= 15 is 0 Å². The Morgan fingerprint density at radius 3 is 3.28 bits per heavy atom. The quantitative estimate of drug-likeness (QED) is 0.782. The van der Waals surface area contributed by atoms with Crippen LogP contribution < -0.4 is 0 Å². The molecule has 1 fully saturated rings. The van der Waals surface area contributed by atoms with Crippen LogP contribution in [0.2, 0.25) is 0 Å². The van der Waals surface area contributed by atoms with Gasteiger partial charge in [-0.25, -0.2) is 0 Å². The lowest BCUT2D eigenvalue weighted by atomic mass is 10.2. The van der Waals surface area contributed by atoms with Crippen LogP contribution in [-0.4, -0.2) is 53.3 Å². The summed E-state index contributed by atoms with van der Waals surface area (Å²) >= 11 is 0. The Bertz CT molecular complexity index is 420. The first-order chi connectivity index (χ1) is 8.81. The van der Waals surface area contributed by atoms with Crippen LogP contribution in [0.25, 0.3) is 6.08 Å². The Morgan fingerprint density at radius 2 is 2.56 bits per heavy atom. The fraction of sp³-hybridized carbons (Fsp3) is 0.385. The normalized spacial score (nSPS) is 20.3. The lowest BCUT2D eigenvalue weighted by Gasteiger charge is -2.33. The molecule has 96 valence electrons. The zero-order chi connectivity index (χ0) is 12.8. The van der Waals surface area contributed by atoms with Gasteiger partial charge in [-0.05, 0) is 17.7 Å². The minimum absolute atomic E-state index is 0.0769. The standard InChI is InChI=1S/C13H16N2O3/c16-9-12-10-18-7-6-15(12)13(17)4-3-11-2-1-5-14-8-11/h1-5,8,12,16H,6-7,9-10H2/b4-3+. The number of nitrogens with zero attached hydrogens (tertiary/aromatic N) is 2. The van der Waals surface area contributed by atoms with Crippen LogP contribution in [0.3, 0.4) is 0 Å². The first-order valence-corrected chi connectivity index (χ1v) is 5.88. The van der Waals surface area contributed by atoms with Crippen LogP contribution in [0, 0.1) is 0 Å². The minimum Gasteiger partial charge on any atom is -0.394 e. The molecule has 5 heteroatoms. The van der Waals surface area contributed by atoms with E-state index in [1.54, 1.807) is 23.4 Å². The summed E-state index contributed by atoms with van der Waals surface area (Å²) < 4.78 is 5.23. The number of aromatic nitrogens is 1. The number of pyridine rings is 1. The molecule has 1 saturated heterocycles. The molecule has 0 aliphatic carbocycles. The number of carbonyl (C=O) groups excluding carboxylic acids is 1. The highest BCUT2D eigenvalue weighted by Gasteiger charge is 2.24. The summed E-state index contributed by atoms with van der Waals surface area (Å²) in [7, 11) is 0. The average molecular weight is 248 g/mol. The number of hydrogen-bond acceptors (Lipinski definition) is 4. The Hall–Kier alpha value is -1.72. The molecule has 0 saturated carbocycles. The highest BCUT2D eigenvalue weighted by atomic mass is 16.5. The van der Waals surface area contributed by atoms with Gasteiger partial charge in [-0.3, -0.25) is 9.78 Å². The van der Waals surface area contributed by atoms with Gasteiger partial charge in [0.05, 0.1) is 25.9 Å². The smallest absolute Gasteiger partial charge is 0.247 e. The lowest BCUT2D eigenvalue weighted by Crippen LogP contribution is -2.49. The first kappa shape index (κ1) is 12.7. The Kier molecular flexibility index (Phi) is 4.44. The second-order valence-electron chi connectivity index (χ2n) is 4.06. The Balaban J connectivity index is 2.00. The van der Waals surface area contributed by atoms with Crippen molar-refractivity contribution in [1.29, 1.82) is 0 Å². The fourth-order valence-electron chi connectivity index (χ4n) is 1.83. The van der Waals surface area contributed by atoms with E-state index in [1.165, 1.54) is 6.08 Å². The number of morpholine rings is 1. The van der Waals surface area contributed by atoms with E-state index in [2.05, 4.69) is 4.98 Å². The van der Waals surface area contributed by atoms with Gasteiger partial charge in [-0.15, -0.1) is 0 Å². The molecule has 1 atom stereocenters. The summed E-state index contributed by atoms with van der Waals surface area (Å²) in [5.41, 5.74) is 0.875. The van der Waals surface area contributed by atoms with E-state index in [0.717, 1.165) is 5.56 Å². The van der Waals surface area contributed by atoms with Gasteiger partial charge in [0.15, 0.2) is 0 Å². The Morgan fingerprint density at radius 1 is 1.67 bits per heavy atom. The fourth-order valence-corrected chi connectivity index (χ4v) is 1.83. The molecule has 1 aromatic rings. The molecular weight excluding hydrogens is 232 g/mol. The molecule has 2 rings (SSSR count). The van der Waals surface area contributed by atoms with Crippen molar-refractivity contribution in [3.63, 3.8) is 0 Å². The highest BCUT2D eigenvalue weighted by Crippen LogP contribution is 2.08. The zero-order valence-electron chi connectivity index (χ0n) is 10.0. The van der Waals surface area contributed by atoms with Gasteiger partial charge in [0.1, 0.15) is 0 Å². The van der Waals surface area contributed by atoms with Crippen LogP contribution >= 0.6 is 0 Å². The predicted molar refractivity (Wildman–Crippen MR) is 66.7 cm³/mol. The van der Waals surface area contributed by atoms with Crippen molar-refractivity contribution in [3.8, 4) is 0 Å². The third-order valence-electron chi connectivity index (χ3n) is 2.82. The zero-order valence-corrected chi connectivity index (χ0v) is 10.0. The van der Waals surface area contributed by atoms with Crippen molar-refractivity contribution in [2.45, 2.75) is 6.04 Å². The molecule has 1 unspecified atom stereocenters. The second-order valence-corrected chi connectivity index (χ2v) is 4.06. The maximum absolute atomic E-state index is 12.0. The average Bonchev–Trinajstić information content (AvgIpc) is 2.45. The Labute approximate surface area is 106 Å². The number of aliphatic hydroxyl groups excluding tert-OH is 1. The van der Waals surface area contributed by atoms with Crippen molar-refractivity contribution < 1.29 is 14.6 Å². The van der Waals surface area contributed by atoms with E-state index in [-0.39, 0.29) is 18.6 Å². The van der Waals surface area contributed by atoms with Gasteiger partial charge in [0.25, 0.3) is 0 Å². The number of carbonyl (C=O) groups is 1. The molecule has 5 nitrogen and oxygen atoms in total. The molecule has 1 aromatic heterocycles. The molecule has 1 aliphatic rings. The number of ether oxygens (including phenoxy) is 1. The summed E-state index contributed by atoms with van der Waals surface area (Å²) in [4.78, 5) is 17.6. The van der Waals surface area contributed by atoms with Crippen LogP contribution in [0.4, 0.5) is 0 Å². The predicted octanol–water partition coefficient (Wildman–Crippen LogP) is 0.315. The molecule has 18 heavy (non-hydrogen) atoms. The summed E-state index contributed by atoms with van der Waals surface area (Å²) in [6.07, 6.45) is 6.60. The second kappa shape index (κ2) is 6.28. The van der Waals surface area contributed by atoms with Gasteiger partial charge in [0.2, 0.25) is 5.91 Å². The maximum Gasteiger partial charge on any atom is 0.247 e. The molecule has 1 N–H and O–H groups in total. The summed E-state index contributed by atoms with van der Waals surface area (Å²) in [5.74, 6) is -0.110. The number of rotatable bonds is 3. The van der Waals surface area contributed by atoms with Crippen LogP contribution in [0.5, 0.6) is 0 Å². The molecule has 0 spiro atoms. The van der Waals surface area contributed by atoms with E-state index in [0.29, 0.717) is 19.8 Å². The van der Waals surface area contributed by atoms with Gasteiger partial charge >= 0.3 is 0 Å². The largest absolute Gasteiger partial charge is 0.394 e. The SMILES string of the molecule is O=C(/C=C/c1cccnc1)N1CCOCC1CO. The van der Waals surface area contributed by atoms with E-state index in [9.17, 15) is 9.90 Å². The minimum atomic E-state index is -0.246. The summed E-state index contributed by atoms with van der Waals surface area (Å²) in [5, 5.41) is 9.19. The van der Waals surface area contributed by atoms with Crippen molar-refractivity contribution in [3.05, 3.63) is 36.2 Å². The van der Waals surface area contributed by atoms with Crippen LogP contribution in [0.15, 0.2) is 30.6 Å². The molecule has 1 amide bonds. The number of amides is 1. The third-order valence-corrected chi connectivity index (χ3v) is 2.82. The first-order valence-electron chi connectivity index (χ1n) is 5.88. The van der Waals surface area contributed by atoms with Gasteiger partial charge in [-0.1, -0.05) is 6.07 Å². The third kappa shape index (κ3) is 3.15. The monoisotopic (exact) mass is 248 g/mol. The topological polar surface area (TPSA) is 62.7 Å². The van der Waals surface area contributed by atoms with Gasteiger partial charge in [0, 0.05) is 25.0 Å². The van der Waals surface area contributed by atoms with Crippen LogP contribution in [-0.2, 0) is 9.53 Å². The van der Waals surface area contributed by atoms with E-state index in [4.69, 9.17) is 4.74 Å². The van der Waals surface area contributed by atoms with E-state index in [1.807, 2.05) is 12.1 Å². The van der Waals surface area contributed by atoms with E-state index < -0.39 is 0 Å². The maximum atomic E-state index is 12.0. The van der Waals surface area contributed by atoms with Crippen LogP contribution in [0.1, 0.15) is 5.56 Å². The van der Waals surface area contributed by atoms with Crippen molar-refractivity contribution >= 4 is 12.0 Å². The van der Waals surface area contributed by atoms with Gasteiger partial charge < -0.3 is 14.7 Å².